The fraction of sp³-hybridized carbons (Fsp3) is 0.0833. The SMILES string of the molecule is CC1=C(C#N)C(=O)N(Cc2cccnc2)C(=O)/C1=C/c1ccc(-c2ccc([N+](=O)[O-])cc2)o1. The predicted octanol–water partition coefficient (Wildman–Crippen LogP) is 4.04. The Balaban J connectivity index is 1.68. The Hall–Kier alpha value is -4.84. The molecule has 0 radical (unpaired) electrons. The minimum absolute atomic E-state index is 0.0203. The smallest absolute Gasteiger partial charge is 0.271 e. The second-order valence-corrected chi connectivity index (χ2v) is 7.23. The molecule has 0 unspecified atom stereocenters. The van der Waals surface area contributed by atoms with Gasteiger partial charge >= 0.3 is 0 Å². The first-order valence-electron chi connectivity index (χ1n) is 9.82. The Morgan fingerprint density at radius 2 is 1.91 bits per heavy atom. The summed E-state index contributed by atoms with van der Waals surface area (Å²) in [5.41, 5.74) is 1.55. The molecule has 0 atom stereocenters. The number of benzene rings is 1. The molecule has 9 heteroatoms. The maximum Gasteiger partial charge on any atom is 0.271 e. The molecule has 2 aromatic heterocycles. The number of imide groups is 1. The fourth-order valence-electron chi connectivity index (χ4n) is 3.42. The summed E-state index contributed by atoms with van der Waals surface area (Å²) in [6, 6.07) is 14.5. The normalized spacial score (nSPS) is 15.2. The molecule has 0 spiro atoms. The molecule has 9 nitrogen and oxygen atoms in total. The second-order valence-electron chi connectivity index (χ2n) is 7.23. The minimum Gasteiger partial charge on any atom is -0.457 e. The highest BCUT2D eigenvalue weighted by atomic mass is 16.6. The van der Waals surface area contributed by atoms with Crippen molar-refractivity contribution in [3.05, 3.63) is 99.1 Å². The third-order valence-electron chi connectivity index (χ3n) is 5.16. The molecular formula is C24H16N4O5. The molecule has 2 amide bonds. The number of hydrogen-bond donors (Lipinski definition) is 0. The molecule has 3 aromatic rings. The van der Waals surface area contributed by atoms with Crippen LogP contribution < -0.4 is 0 Å². The van der Waals surface area contributed by atoms with Crippen LogP contribution in [0.5, 0.6) is 0 Å². The van der Waals surface area contributed by atoms with E-state index in [1.165, 1.54) is 18.2 Å². The molecule has 3 heterocycles. The van der Waals surface area contributed by atoms with Crippen molar-refractivity contribution in [1.82, 2.24) is 9.88 Å². The van der Waals surface area contributed by atoms with Crippen molar-refractivity contribution < 1.29 is 18.9 Å². The Morgan fingerprint density at radius 3 is 2.55 bits per heavy atom. The molecule has 0 aliphatic carbocycles. The average molecular weight is 440 g/mol. The number of furan rings is 1. The Morgan fingerprint density at radius 1 is 1.15 bits per heavy atom. The van der Waals surface area contributed by atoms with Crippen LogP contribution in [0.25, 0.3) is 17.4 Å². The fourth-order valence-corrected chi connectivity index (χ4v) is 3.42. The number of nitro groups is 1. The van der Waals surface area contributed by atoms with E-state index in [0.29, 0.717) is 22.6 Å². The van der Waals surface area contributed by atoms with E-state index in [2.05, 4.69) is 4.98 Å². The van der Waals surface area contributed by atoms with Gasteiger partial charge in [-0.2, -0.15) is 5.26 Å². The number of hydrogen-bond acceptors (Lipinski definition) is 7. The van der Waals surface area contributed by atoms with Crippen LogP contribution >= 0.6 is 0 Å². The van der Waals surface area contributed by atoms with Crippen molar-refractivity contribution in [1.29, 1.82) is 5.26 Å². The van der Waals surface area contributed by atoms with Crippen molar-refractivity contribution in [3.63, 3.8) is 0 Å². The average Bonchev–Trinajstić information content (AvgIpc) is 3.29. The van der Waals surface area contributed by atoms with E-state index in [-0.39, 0.29) is 29.0 Å². The first kappa shape index (κ1) is 21.4. The van der Waals surface area contributed by atoms with Crippen LogP contribution in [-0.2, 0) is 16.1 Å². The molecule has 1 aromatic carbocycles. The summed E-state index contributed by atoms with van der Waals surface area (Å²) in [5, 5.41) is 20.4. The predicted molar refractivity (Wildman–Crippen MR) is 117 cm³/mol. The highest BCUT2D eigenvalue weighted by Gasteiger charge is 2.35. The van der Waals surface area contributed by atoms with Gasteiger partial charge in [-0.1, -0.05) is 6.07 Å². The van der Waals surface area contributed by atoms with Crippen molar-refractivity contribution in [3.8, 4) is 17.4 Å². The topological polar surface area (TPSA) is 130 Å². The Bertz CT molecular complexity index is 1360. The Labute approximate surface area is 188 Å². The van der Waals surface area contributed by atoms with Crippen LogP contribution in [0.3, 0.4) is 0 Å². The van der Waals surface area contributed by atoms with Gasteiger partial charge in [-0.05, 0) is 54.5 Å². The Kier molecular flexibility index (Phi) is 5.66. The van der Waals surface area contributed by atoms with Gasteiger partial charge in [-0.25, -0.2) is 0 Å². The molecule has 33 heavy (non-hydrogen) atoms. The molecule has 0 fully saturated rings. The molecule has 1 aliphatic rings. The minimum atomic E-state index is -0.660. The van der Waals surface area contributed by atoms with Crippen molar-refractivity contribution >= 4 is 23.6 Å². The molecule has 0 bridgehead atoms. The maximum atomic E-state index is 13.2. The first-order chi connectivity index (χ1) is 15.9. The number of aromatic nitrogens is 1. The highest BCUT2D eigenvalue weighted by Crippen LogP contribution is 2.30. The lowest BCUT2D eigenvalue weighted by molar-refractivity contribution is -0.384. The van der Waals surface area contributed by atoms with E-state index in [9.17, 15) is 25.0 Å². The van der Waals surface area contributed by atoms with Gasteiger partial charge in [-0.15, -0.1) is 0 Å². The summed E-state index contributed by atoms with van der Waals surface area (Å²) in [4.78, 5) is 41.3. The monoisotopic (exact) mass is 440 g/mol. The number of nitriles is 1. The summed E-state index contributed by atoms with van der Waals surface area (Å²) >= 11 is 0. The molecular weight excluding hydrogens is 424 g/mol. The first-order valence-corrected chi connectivity index (χ1v) is 9.82. The molecule has 0 saturated carbocycles. The lowest BCUT2D eigenvalue weighted by Gasteiger charge is -2.27. The van der Waals surface area contributed by atoms with Crippen molar-refractivity contribution in [2.24, 2.45) is 0 Å². The van der Waals surface area contributed by atoms with E-state index in [4.69, 9.17) is 4.42 Å². The number of nitro benzene ring substituents is 1. The summed E-state index contributed by atoms with van der Waals surface area (Å²) < 4.78 is 5.80. The van der Waals surface area contributed by atoms with Gasteiger partial charge in [0, 0.05) is 35.7 Å². The third kappa shape index (κ3) is 4.18. The van der Waals surface area contributed by atoms with E-state index >= 15 is 0 Å². The van der Waals surface area contributed by atoms with Gasteiger partial charge < -0.3 is 4.42 Å². The molecule has 1 aliphatic heterocycles. The molecule has 0 N–H and O–H groups in total. The summed E-state index contributed by atoms with van der Waals surface area (Å²) in [7, 11) is 0. The van der Waals surface area contributed by atoms with E-state index in [1.807, 2.05) is 6.07 Å². The van der Waals surface area contributed by atoms with Gasteiger partial charge in [0.1, 0.15) is 23.2 Å². The van der Waals surface area contributed by atoms with Crippen LogP contribution in [0.1, 0.15) is 18.2 Å². The zero-order valence-electron chi connectivity index (χ0n) is 17.4. The van der Waals surface area contributed by atoms with Crippen molar-refractivity contribution in [2.75, 3.05) is 0 Å². The molecule has 162 valence electrons. The number of carbonyl (C=O) groups is 2. The van der Waals surface area contributed by atoms with Crippen LogP contribution in [0.15, 0.2) is 82.1 Å². The summed E-state index contributed by atoms with van der Waals surface area (Å²) in [5.74, 6) is -0.426. The van der Waals surface area contributed by atoms with Crippen LogP contribution in [0.4, 0.5) is 5.69 Å². The second kappa shape index (κ2) is 8.72. The maximum absolute atomic E-state index is 13.2. The number of nitrogens with zero attached hydrogens (tertiary/aromatic N) is 4. The van der Waals surface area contributed by atoms with Crippen molar-refractivity contribution in [2.45, 2.75) is 13.5 Å². The standard InChI is InChI=1S/C24H16N4O5/c1-15-20(11-19-8-9-22(33-19)17-4-6-18(7-5-17)28(31)32)23(29)27(24(30)21(15)12-25)14-16-3-2-10-26-13-16/h2-11,13H,14H2,1H3/b20-11+. The largest absolute Gasteiger partial charge is 0.457 e. The number of non-ortho nitro benzene ring substituents is 1. The molecule has 4 rings (SSSR count). The molecule has 0 saturated heterocycles. The van der Waals surface area contributed by atoms with Crippen LogP contribution in [0, 0.1) is 21.4 Å². The third-order valence-corrected chi connectivity index (χ3v) is 5.16. The van der Waals surface area contributed by atoms with Gasteiger partial charge in [0.2, 0.25) is 0 Å². The lowest BCUT2D eigenvalue weighted by Crippen LogP contribution is -2.42. The quantitative estimate of drug-likeness (QED) is 0.253. The zero-order chi connectivity index (χ0) is 23.5. The highest BCUT2D eigenvalue weighted by molar-refractivity contribution is 6.19. The summed E-state index contributed by atoms with van der Waals surface area (Å²) in [6.07, 6.45) is 4.61. The van der Waals surface area contributed by atoms with Gasteiger partial charge in [-0.3, -0.25) is 29.6 Å². The van der Waals surface area contributed by atoms with Gasteiger partial charge in [0.25, 0.3) is 17.5 Å². The number of pyridine rings is 1. The van der Waals surface area contributed by atoms with Gasteiger partial charge in [0.15, 0.2) is 0 Å². The number of rotatable bonds is 5. The van der Waals surface area contributed by atoms with E-state index < -0.39 is 16.7 Å². The van der Waals surface area contributed by atoms with Gasteiger partial charge in [0.05, 0.1) is 11.5 Å². The number of amides is 2. The summed E-state index contributed by atoms with van der Waals surface area (Å²) in [6.45, 7) is 1.52. The van der Waals surface area contributed by atoms with E-state index in [0.717, 1.165) is 4.90 Å². The lowest BCUT2D eigenvalue weighted by atomic mass is 9.94. The van der Waals surface area contributed by atoms with E-state index in [1.54, 1.807) is 55.7 Å². The number of carbonyl (C=O) groups excluding carboxylic acids is 2. The zero-order valence-corrected chi connectivity index (χ0v) is 17.4. The van der Waals surface area contributed by atoms with Crippen LogP contribution in [0.2, 0.25) is 0 Å². The van der Waals surface area contributed by atoms with Crippen LogP contribution in [-0.4, -0.2) is 26.6 Å².